The lowest BCUT2D eigenvalue weighted by Crippen LogP contribution is -2.29. The molecule has 0 aliphatic heterocycles. The van der Waals surface area contributed by atoms with Crippen LogP contribution in [-0.2, 0) is 19.1 Å². The molecule has 1 amide bonds. The number of nitrogens with one attached hydrogen (secondary N) is 4. The number of fused-ring (bicyclic) bond motifs is 1. The van der Waals surface area contributed by atoms with Crippen molar-refractivity contribution >= 4 is 51.7 Å². The zero-order valence-corrected chi connectivity index (χ0v) is 17.8. The number of ketones is 1. The second kappa shape index (κ2) is 9.60. The Kier molecular flexibility index (Phi) is 6.67. The summed E-state index contributed by atoms with van der Waals surface area (Å²) in [6, 6.07) is 8.56. The number of amides is 1. The monoisotopic (exact) mass is 453 g/mol. The van der Waals surface area contributed by atoms with Crippen molar-refractivity contribution in [2.45, 2.75) is 6.92 Å². The van der Waals surface area contributed by atoms with Crippen LogP contribution in [-0.4, -0.2) is 53.5 Å². The van der Waals surface area contributed by atoms with E-state index in [1.165, 1.54) is 44.6 Å². The molecule has 0 atom stereocenters. The van der Waals surface area contributed by atoms with E-state index in [0.29, 0.717) is 16.7 Å². The van der Waals surface area contributed by atoms with Gasteiger partial charge in [-0.3, -0.25) is 15.0 Å². The van der Waals surface area contributed by atoms with Gasteiger partial charge in [-0.05, 0) is 36.4 Å². The number of esters is 2. The van der Waals surface area contributed by atoms with E-state index >= 15 is 0 Å². The topological polar surface area (TPSA) is 172 Å². The zero-order valence-electron chi connectivity index (χ0n) is 17.8. The van der Waals surface area contributed by atoms with Gasteiger partial charge in [0.1, 0.15) is 0 Å². The minimum Gasteiger partial charge on any atom is -0.465 e. The van der Waals surface area contributed by atoms with Gasteiger partial charge in [-0.2, -0.15) is 5.10 Å². The number of aromatic amines is 2. The molecule has 12 heteroatoms. The number of imidazole rings is 1. The molecule has 0 radical (unpaired) electrons. The van der Waals surface area contributed by atoms with Gasteiger partial charge < -0.3 is 24.8 Å². The van der Waals surface area contributed by atoms with Crippen molar-refractivity contribution in [3.8, 4) is 0 Å². The molecule has 3 aromatic rings. The minimum atomic E-state index is -0.815. The summed E-state index contributed by atoms with van der Waals surface area (Å²) in [5, 5.41) is 6.37. The van der Waals surface area contributed by atoms with Gasteiger partial charge in [0.15, 0.2) is 11.5 Å². The number of hydrazone groups is 1. The quantitative estimate of drug-likeness (QED) is 0.180. The summed E-state index contributed by atoms with van der Waals surface area (Å²) in [7, 11) is 2.36. The number of H-pyrrole nitrogens is 2. The van der Waals surface area contributed by atoms with Crippen LogP contribution < -0.4 is 16.4 Å². The molecule has 0 saturated heterocycles. The molecule has 0 bridgehead atoms. The number of benzene rings is 2. The molecule has 4 N–H and O–H groups in total. The Bertz CT molecular complexity index is 1320. The number of hydrogen-bond donors (Lipinski definition) is 4. The largest absolute Gasteiger partial charge is 0.465 e. The van der Waals surface area contributed by atoms with Crippen LogP contribution in [0.15, 0.2) is 46.3 Å². The van der Waals surface area contributed by atoms with Crippen molar-refractivity contribution in [1.29, 1.82) is 0 Å². The summed E-state index contributed by atoms with van der Waals surface area (Å²) in [5.41, 5.74) is 3.15. The highest BCUT2D eigenvalue weighted by molar-refractivity contribution is 6.67. The summed E-state index contributed by atoms with van der Waals surface area (Å²) in [6.07, 6.45) is 0. The summed E-state index contributed by atoms with van der Waals surface area (Å²) in [4.78, 5) is 65.0. The Labute approximate surface area is 186 Å². The van der Waals surface area contributed by atoms with Gasteiger partial charge >= 0.3 is 17.6 Å². The normalized spacial score (nSPS) is 11.1. The molecule has 0 aliphatic rings. The van der Waals surface area contributed by atoms with E-state index in [1.54, 1.807) is 6.07 Å². The molecule has 0 spiro atoms. The molecule has 0 aliphatic carbocycles. The third kappa shape index (κ3) is 5.31. The first-order valence-electron chi connectivity index (χ1n) is 9.41. The number of carbonyl (C=O) groups excluding carboxylic acids is 4. The number of hydrogen-bond acceptors (Lipinski definition) is 9. The highest BCUT2D eigenvalue weighted by Crippen LogP contribution is 2.18. The van der Waals surface area contributed by atoms with E-state index in [4.69, 9.17) is 0 Å². The first-order chi connectivity index (χ1) is 15.7. The lowest BCUT2D eigenvalue weighted by Gasteiger charge is -2.09. The maximum Gasteiger partial charge on any atom is 0.337 e. The highest BCUT2D eigenvalue weighted by Gasteiger charge is 2.19. The summed E-state index contributed by atoms with van der Waals surface area (Å²) in [5.74, 6) is -2.89. The fourth-order valence-corrected chi connectivity index (χ4v) is 2.87. The summed E-state index contributed by atoms with van der Waals surface area (Å²) >= 11 is 0. The van der Waals surface area contributed by atoms with Crippen molar-refractivity contribution in [2.24, 2.45) is 5.10 Å². The first-order valence-corrected chi connectivity index (χ1v) is 9.41. The van der Waals surface area contributed by atoms with Gasteiger partial charge in [0.25, 0.3) is 5.91 Å². The Hall–Kier alpha value is -4.74. The van der Waals surface area contributed by atoms with Crippen molar-refractivity contribution in [3.63, 3.8) is 0 Å². The maximum atomic E-state index is 12.6. The minimum absolute atomic E-state index is 0.0284. The first kappa shape index (κ1) is 22.9. The Morgan fingerprint density at radius 1 is 0.848 bits per heavy atom. The highest BCUT2D eigenvalue weighted by atomic mass is 16.5. The zero-order chi connectivity index (χ0) is 24.1. The summed E-state index contributed by atoms with van der Waals surface area (Å²) in [6.45, 7) is 1.15. The molecule has 1 heterocycles. The standard InChI is InChI=1S/C21H19N5O7/c1-10(27)17(18(28)22-13-4-5-15-16(9-13)24-21(31)23-15)26-25-14-7-11(19(29)32-2)6-12(8-14)20(30)33-3/h4-9,25H,1-3H3,(H,22,28)(H2,23,24,31)/b26-17-. The predicted molar refractivity (Wildman–Crippen MR) is 118 cm³/mol. The van der Waals surface area contributed by atoms with Gasteiger partial charge in [0, 0.05) is 12.6 Å². The lowest BCUT2D eigenvalue weighted by atomic mass is 10.1. The van der Waals surface area contributed by atoms with Crippen LogP contribution in [0.3, 0.4) is 0 Å². The molecule has 1 aromatic heterocycles. The fraction of sp³-hybridized carbons (Fsp3) is 0.143. The van der Waals surface area contributed by atoms with Gasteiger partial charge in [-0.25, -0.2) is 14.4 Å². The number of anilines is 2. The van der Waals surface area contributed by atoms with Gasteiger partial charge in [0.05, 0.1) is 42.1 Å². The van der Waals surface area contributed by atoms with Crippen LogP contribution in [0.4, 0.5) is 11.4 Å². The van der Waals surface area contributed by atoms with E-state index in [1.807, 2.05) is 0 Å². The third-order valence-electron chi connectivity index (χ3n) is 4.39. The van der Waals surface area contributed by atoms with E-state index in [9.17, 15) is 24.0 Å². The van der Waals surface area contributed by atoms with Crippen LogP contribution in [0.25, 0.3) is 11.0 Å². The van der Waals surface area contributed by atoms with Crippen molar-refractivity contribution < 1.29 is 28.7 Å². The van der Waals surface area contributed by atoms with Gasteiger partial charge in [0.2, 0.25) is 0 Å². The van der Waals surface area contributed by atoms with Crippen molar-refractivity contribution in [2.75, 3.05) is 25.0 Å². The van der Waals surface area contributed by atoms with E-state index in [-0.39, 0.29) is 16.8 Å². The molecular formula is C21H19N5O7. The maximum absolute atomic E-state index is 12.6. The van der Waals surface area contributed by atoms with Crippen LogP contribution in [0, 0.1) is 0 Å². The molecule has 12 nitrogen and oxygen atoms in total. The summed E-state index contributed by atoms with van der Waals surface area (Å²) < 4.78 is 9.33. The van der Waals surface area contributed by atoms with Gasteiger partial charge in [-0.1, -0.05) is 0 Å². The number of ether oxygens (including phenoxy) is 2. The predicted octanol–water partition coefficient (Wildman–Crippen LogP) is 1.42. The lowest BCUT2D eigenvalue weighted by molar-refractivity contribution is -0.114. The van der Waals surface area contributed by atoms with E-state index < -0.39 is 35.0 Å². The fourth-order valence-electron chi connectivity index (χ4n) is 2.87. The SMILES string of the molecule is COC(=O)c1cc(N/N=C(/C(C)=O)C(=O)Nc2ccc3[nH]c(=O)[nH]c3c2)cc(C(=O)OC)c1. The van der Waals surface area contributed by atoms with Crippen molar-refractivity contribution in [3.05, 3.63) is 58.0 Å². The number of aromatic nitrogens is 2. The third-order valence-corrected chi connectivity index (χ3v) is 4.39. The molecule has 0 unspecified atom stereocenters. The molecular weight excluding hydrogens is 434 g/mol. The van der Waals surface area contributed by atoms with Crippen LogP contribution >= 0.6 is 0 Å². The molecule has 0 fully saturated rings. The Balaban J connectivity index is 1.87. The number of nitrogens with zero attached hydrogens (tertiary/aromatic N) is 1. The molecule has 33 heavy (non-hydrogen) atoms. The average Bonchev–Trinajstić information content (AvgIpc) is 3.16. The van der Waals surface area contributed by atoms with Crippen LogP contribution in [0.5, 0.6) is 0 Å². The molecule has 0 saturated carbocycles. The molecule has 3 rings (SSSR count). The van der Waals surface area contributed by atoms with E-state index in [0.717, 1.165) is 6.92 Å². The molecule has 170 valence electrons. The van der Waals surface area contributed by atoms with Crippen LogP contribution in [0.2, 0.25) is 0 Å². The number of Topliss-reactive ketones (excluding diaryl/α,β-unsaturated/α-hetero) is 1. The Morgan fingerprint density at radius 2 is 1.45 bits per heavy atom. The number of methoxy groups -OCH3 is 2. The van der Waals surface area contributed by atoms with Gasteiger partial charge in [-0.15, -0.1) is 0 Å². The number of carbonyl (C=O) groups is 4. The number of rotatable bonds is 7. The van der Waals surface area contributed by atoms with Crippen LogP contribution in [0.1, 0.15) is 27.6 Å². The second-order valence-electron chi connectivity index (χ2n) is 6.70. The van der Waals surface area contributed by atoms with E-state index in [2.05, 4.69) is 35.3 Å². The second-order valence-corrected chi connectivity index (χ2v) is 6.70. The smallest absolute Gasteiger partial charge is 0.337 e. The molecule has 2 aromatic carbocycles. The average molecular weight is 453 g/mol. The Morgan fingerprint density at radius 3 is 2.03 bits per heavy atom. The van der Waals surface area contributed by atoms with Crippen molar-refractivity contribution in [1.82, 2.24) is 9.97 Å².